The van der Waals surface area contributed by atoms with Gasteiger partial charge in [0.05, 0.1) is 0 Å². The summed E-state index contributed by atoms with van der Waals surface area (Å²) in [6, 6.07) is 1.49. The molecule has 3 aliphatic rings. The Kier molecular flexibility index (Phi) is 3.96. The van der Waals surface area contributed by atoms with Crippen LogP contribution in [0.3, 0.4) is 0 Å². The molecule has 3 saturated carbocycles. The van der Waals surface area contributed by atoms with E-state index in [0.29, 0.717) is 10.8 Å². The molecule has 2 bridgehead atoms. The predicted molar refractivity (Wildman–Crippen MR) is 91.3 cm³/mol. The molecular weight excluding hydrogens is 254 g/mol. The van der Waals surface area contributed by atoms with Gasteiger partial charge in [0.1, 0.15) is 0 Å². The summed E-state index contributed by atoms with van der Waals surface area (Å²) in [7, 11) is 0. The lowest BCUT2D eigenvalue weighted by Gasteiger charge is -2.48. The second kappa shape index (κ2) is 5.25. The topological polar surface area (TPSA) is 12.0 Å². The Labute approximate surface area is 132 Å². The van der Waals surface area contributed by atoms with Gasteiger partial charge in [0.2, 0.25) is 0 Å². The molecular formula is C20H37N. The monoisotopic (exact) mass is 291 g/mol. The van der Waals surface area contributed by atoms with Crippen LogP contribution in [-0.4, -0.2) is 12.1 Å². The molecule has 122 valence electrons. The largest absolute Gasteiger partial charge is 0.310 e. The van der Waals surface area contributed by atoms with Gasteiger partial charge in [-0.2, -0.15) is 0 Å². The maximum atomic E-state index is 4.24. The molecule has 0 aromatic heterocycles. The van der Waals surface area contributed by atoms with Crippen LogP contribution in [-0.2, 0) is 0 Å². The van der Waals surface area contributed by atoms with E-state index in [1.54, 1.807) is 0 Å². The molecule has 1 heteroatoms. The maximum absolute atomic E-state index is 4.24. The SMILES string of the molecule is CC1CCC(C(C)C)C(NC2C(C)(C)[C@H]3CC[C@]2(C)C3)C1. The highest BCUT2D eigenvalue weighted by molar-refractivity contribution is 5.13. The van der Waals surface area contributed by atoms with Crippen LogP contribution < -0.4 is 5.32 Å². The van der Waals surface area contributed by atoms with Gasteiger partial charge in [-0.05, 0) is 66.6 Å². The van der Waals surface area contributed by atoms with Gasteiger partial charge in [-0.3, -0.25) is 0 Å². The first kappa shape index (κ1) is 15.8. The molecule has 4 unspecified atom stereocenters. The maximum Gasteiger partial charge on any atom is 0.0177 e. The van der Waals surface area contributed by atoms with E-state index in [0.717, 1.165) is 35.8 Å². The molecule has 0 aromatic carbocycles. The van der Waals surface area contributed by atoms with Crippen molar-refractivity contribution in [2.75, 3.05) is 0 Å². The normalized spacial score (nSPS) is 49.0. The van der Waals surface area contributed by atoms with Crippen LogP contribution in [0, 0.1) is 34.5 Å². The van der Waals surface area contributed by atoms with Gasteiger partial charge in [-0.25, -0.2) is 0 Å². The lowest BCUT2D eigenvalue weighted by Crippen LogP contribution is -2.57. The standard InChI is InChI=1S/C20H37N/c1-13(2)16-8-7-14(3)11-17(16)21-18-19(4,5)15-9-10-20(18,6)12-15/h13-18,21H,7-12H2,1-6H3/t14?,15-,16?,17?,18?,20+/m0/s1. The van der Waals surface area contributed by atoms with Crippen LogP contribution >= 0.6 is 0 Å². The summed E-state index contributed by atoms with van der Waals surface area (Å²) < 4.78 is 0. The van der Waals surface area contributed by atoms with Crippen molar-refractivity contribution in [2.45, 2.75) is 92.2 Å². The first-order chi connectivity index (χ1) is 9.74. The molecule has 0 aliphatic heterocycles. The smallest absolute Gasteiger partial charge is 0.0177 e. The van der Waals surface area contributed by atoms with Gasteiger partial charge in [0.25, 0.3) is 0 Å². The van der Waals surface area contributed by atoms with Crippen LogP contribution in [0.1, 0.15) is 80.1 Å². The molecule has 0 heterocycles. The highest BCUT2D eigenvalue weighted by atomic mass is 15.0. The molecule has 0 spiro atoms. The molecule has 6 atom stereocenters. The summed E-state index contributed by atoms with van der Waals surface area (Å²) in [5, 5.41) is 4.24. The summed E-state index contributed by atoms with van der Waals surface area (Å²) in [6.45, 7) is 15.0. The van der Waals surface area contributed by atoms with Crippen LogP contribution in [0.2, 0.25) is 0 Å². The van der Waals surface area contributed by atoms with Crippen molar-refractivity contribution in [1.29, 1.82) is 0 Å². The highest BCUT2D eigenvalue weighted by Gasteiger charge is 2.59. The van der Waals surface area contributed by atoms with E-state index < -0.39 is 0 Å². The summed E-state index contributed by atoms with van der Waals surface area (Å²) in [5.41, 5.74) is 1.06. The van der Waals surface area contributed by atoms with Crippen molar-refractivity contribution in [3.05, 3.63) is 0 Å². The molecule has 1 nitrogen and oxygen atoms in total. The molecule has 3 aliphatic carbocycles. The van der Waals surface area contributed by atoms with Crippen LogP contribution in [0.15, 0.2) is 0 Å². The van der Waals surface area contributed by atoms with Crippen molar-refractivity contribution < 1.29 is 0 Å². The van der Waals surface area contributed by atoms with Gasteiger partial charge in [0.15, 0.2) is 0 Å². The Morgan fingerprint density at radius 2 is 1.76 bits per heavy atom. The summed E-state index contributed by atoms with van der Waals surface area (Å²) >= 11 is 0. The Morgan fingerprint density at radius 3 is 2.33 bits per heavy atom. The third-order valence-corrected chi connectivity index (χ3v) is 7.67. The number of hydrogen-bond acceptors (Lipinski definition) is 1. The van der Waals surface area contributed by atoms with Gasteiger partial charge >= 0.3 is 0 Å². The molecule has 0 radical (unpaired) electrons. The molecule has 0 aromatic rings. The minimum Gasteiger partial charge on any atom is -0.310 e. The lowest BCUT2D eigenvalue weighted by atomic mass is 9.66. The van der Waals surface area contributed by atoms with E-state index in [1.807, 2.05) is 0 Å². The molecule has 1 N–H and O–H groups in total. The fourth-order valence-electron chi connectivity index (χ4n) is 6.33. The Morgan fingerprint density at radius 1 is 1.05 bits per heavy atom. The van der Waals surface area contributed by atoms with E-state index >= 15 is 0 Å². The third kappa shape index (κ3) is 2.58. The predicted octanol–water partition coefficient (Wildman–Crippen LogP) is 5.25. The van der Waals surface area contributed by atoms with Gasteiger partial charge in [0, 0.05) is 12.1 Å². The minimum atomic E-state index is 0.495. The number of rotatable bonds is 3. The Balaban J connectivity index is 1.78. The van der Waals surface area contributed by atoms with Gasteiger partial charge in [-0.1, -0.05) is 48.0 Å². The summed E-state index contributed by atoms with van der Waals surface area (Å²) in [5.74, 6) is 3.58. The van der Waals surface area contributed by atoms with Crippen LogP contribution in [0.25, 0.3) is 0 Å². The van der Waals surface area contributed by atoms with Crippen molar-refractivity contribution in [2.24, 2.45) is 34.5 Å². The van der Waals surface area contributed by atoms with Crippen molar-refractivity contribution in [3.63, 3.8) is 0 Å². The zero-order valence-corrected chi connectivity index (χ0v) is 15.2. The average molecular weight is 292 g/mol. The number of nitrogens with one attached hydrogen (secondary N) is 1. The lowest BCUT2D eigenvalue weighted by molar-refractivity contribution is 0.0647. The van der Waals surface area contributed by atoms with E-state index in [9.17, 15) is 0 Å². The van der Waals surface area contributed by atoms with E-state index in [1.165, 1.54) is 38.5 Å². The van der Waals surface area contributed by atoms with E-state index in [2.05, 4.69) is 46.9 Å². The first-order valence-corrected chi connectivity index (χ1v) is 9.50. The fraction of sp³-hybridized carbons (Fsp3) is 1.00. The fourth-order valence-corrected chi connectivity index (χ4v) is 6.33. The van der Waals surface area contributed by atoms with Crippen molar-refractivity contribution in [3.8, 4) is 0 Å². The second-order valence-electron chi connectivity index (χ2n) is 9.95. The quantitative estimate of drug-likeness (QED) is 0.748. The second-order valence-corrected chi connectivity index (χ2v) is 9.95. The third-order valence-electron chi connectivity index (χ3n) is 7.67. The first-order valence-electron chi connectivity index (χ1n) is 9.50. The van der Waals surface area contributed by atoms with Crippen molar-refractivity contribution >= 4 is 0 Å². The Bertz CT molecular complexity index is 381. The Hall–Kier alpha value is -0.0400. The summed E-state index contributed by atoms with van der Waals surface area (Å²) in [6.07, 6.45) is 8.66. The summed E-state index contributed by atoms with van der Waals surface area (Å²) in [4.78, 5) is 0. The zero-order valence-electron chi connectivity index (χ0n) is 15.2. The zero-order chi connectivity index (χ0) is 15.4. The van der Waals surface area contributed by atoms with Crippen LogP contribution in [0.5, 0.6) is 0 Å². The van der Waals surface area contributed by atoms with Gasteiger partial charge < -0.3 is 5.32 Å². The van der Waals surface area contributed by atoms with Crippen molar-refractivity contribution in [1.82, 2.24) is 5.32 Å². The molecule has 0 saturated heterocycles. The highest BCUT2D eigenvalue weighted by Crippen LogP contribution is 2.62. The molecule has 3 rings (SSSR count). The molecule has 3 fully saturated rings. The molecule has 0 amide bonds. The molecule has 21 heavy (non-hydrogen) atoms. The van der Waals surface area contributed by atoms with E-state index in [4.69, 9.17) is 0 Å². The average Bonchev–Trinajstić information content (AvgIpc) is 2.85. The van der Waals surface area contributed by atoms with Crippen LogP contribution in [0.4, 0.5) is 0 Å². The number of hydrogen-bond donors (Lipinski definition) is 1. The minimum absolute atomic E-state index is 0.495. The van der Waals surface area contributed by atoms with E-state index in [-0.39, 0.29) is 0 Å². The number of fused-ring (bicyclic) bond motifs is 2. The van der Waals surface area contributed by atoms with Gasteiger partial charge in [-0.15, -0.1) is 0 Å².